The standard InChI is InChI=1S/C10H16N2O/c1-6-5-7(2)10(13-4)9(12-3)8(6)11/h5,12H,11H2,1-4H3. The van der Waals surface area contributed by atoms with Crippen molar-refractivity contribution in [2.75, 3.05) is 25.2 Å². The molecule has 72 valence electrons. The lowest BCUT2D eigenvalue weighted by Gasteiger charge is -2.15. The van der Waals surface area contributed by atoms with Crippen LogP contribution < -0.4 is 15.8 Å². The summed E-state index contributed by atoms with van der Waals surface area (Å²) in [5.41, 5.74) is 9.69. The zero-order chi connectivity index (χ0) is 10.0. The number of nitrogens with one attached hydrogen (secondary N) is 1. The van der Waals surface area contributed by atoms with E-state index in [1.807, 2.05) is 27.0 Å². The molecule has 1 aromatic rings. The maximum Gasteiger partial charge on any atom is 0.146 e. The van der Waals surface area contributed by atoms with Gasteiger partial charge in [0.05, 0.1) is 12.8 Å². The van der Waals surface area contributed by atoms with Crippen LogP contribution in [0.15, 0.2) is 6.07 Å². The van der Waals surface area contributed by atoms with E-state index >= 15 is 0 Å². The Morgan fingerprint density at radius 2 is 1.92 bits per heavy atom. The maximum atomic E-state index is 5.90. The second kappa shape index (κ2) is 3.56. The molecule has 0 saturated heterocycles. The van der Waals surface area contributed by atoms with E-state index in [0.29, 0.717) is 0 Å². The largest absolute Gasteiger partial charge is 0.494 e. The zero-order valence-corrected chi connectivity index (χ0v) is 8.56. The fraction of sp³-hybridized carbons (Fsp3) is 0.400. The number of nitrogens with two attached hydrogens (primary N) is 1. The molecule has 0 spiro atoms. The molecule has 0 bridgehead atoms. The third-order valence-electron chi connectivity index (χ3n) is 2.17. The Hall–Kier alpha value is -1.38. The minimum absolute atomic E-state index is 0.755. The van der Waals surface area contributed by atoms with E-state index in [0.717, 1.165) is 28.3 Å². The van der Waals surface area contributed by atoms with Crippen LogP contribution in [0.4, 0.5) is 11.4 Å². The minimum atomic E-state index is 0.755. The summed E-state index contributed by atoms with van der Waals surface area (Å²) in [4.78, 5) is 0. The van der Waals surface area contributed by atoms with Gasteiger partial charge < -0.3 is 15.8 Å². The molecule has 3 N–H and O–H groups in total. The molecule has 0 amide bonds. The fourth-order valence-corrected chi connectivity index (χ4v) is 1.50. The Morgan fingerprint density at radius 3 is 2.38 bits per heavy atom. The lowest BCUT2D eigenvalue weighted by molar-refractivity contribution is 0.413. The molecule has 0 aliphatic carbocycles. The molecule has 1 rings (SSSR count). The number of hydrogen-bond donors (Lipinski definition) is 2. The summed E-state index contributed by atoms with van der Waals surface area (Å²) in [6, 6.07) is 2.02. The third kappa shape index (κ3) is 1.54. The molecule has 0 aliphatic rings. The van der Waals surface area contributed by atoms with Crippen LogP contribution in [0.25, 0.3) is 0 Å². The molecule has 0 unspecified atom stereocenters. The molecule has 3 heteroatoms. The second-order valence-electron chi connectivity index (χ2n) is 3.08. The lowest BCUT2D eigenvalue weighted by Crippen LogP contribution is -2.02. The summed E-state index contributed by atoms with van der Waals surface area (Å²) in [6.07, 6.45) is 0. The van der Waals surface area contributed by atoms with Gasteiger partial charge in [-0.05, 0) is 25.0 Å². The highest BCUT2D eigenvalue weighted by Crippen LogP contribution is 2.35. The maximum absolute atomic E-state index is 5.90. The van der Waals surface area contributed by atoms with Crippen molar-refractivity contribution in [3.8, 4) is 5.75 Å². The van der Waals surface area contributed by atoms with Gasteiger partial charge in [-0.3, -0.25) is 0 Å². The first kappa shape index (κ1) is 9.71. The Kier molecular flexibility index (Phi) is 2.66. The number of rotatable bonds is 2. The normalized spacial score (nSPS) is 9.85. The molecule has 13 heavy (non-hydrogen) atoms. The van der Waals surface area contributed by atoms with Gasteiger partial charge in [-0.25, -0.2) is 0 Å². The Balaban J connectivity index is 3.41. The summed E-state index contributed by atoms with van der Waals surface area (Å²) in [5, 5.41) is 3.05. The number of anilines is 2. The van der Waals surface area contributed by atoms with E-state index in [1.165, 1.54) is 0 Å². The summed E-state index contributed by atoms with van der Waals surface area (Å²) >= 11 is 0. The van der Waals surface area contributed by atoms with Crippen molar-refractivity contribution in [2.24, 2.45) is 0 Å². The number of methoxy groups -OCH3 is 1. The highest BCUT2D eigenvalue weighted by molar-refractivity contribution is 5.78. The van der Waals surface area contributed by atoms with Gasteiger partial charge in [-0.15, -0.1) is 0 Å². The van der Waals surface area contributed by atoms with Crippen LogP contribution >= 0.6 is 0 Å². The van der Waals surface area contributed by atoms with Crippen molar-refractivity contribution in [3.63, 3.8) is 0 Å². The van der Waals surface area contributed by atoms with Crippen LogP contribution in [0.2, 0.25) is 0 Å². The van der Waals surface area contributed by atoms with Crippen molar-refractivity contribution in [1.82, 2.24) is 0 Å². The molecule has 0 radical (unpaired) electrons. The first-order valence-electron chi connectivity index (χ1n) is 4.23. The average molecular weight is 180 g/mol. The summed E-state index contributed by atoms with van der Waals surface area (Å²) in [6.45, 7) is 3.99. The SMILES string of the molecule is CNc1c(N)c(C)cc(C)c1OC. The van der Waals surface area contributed by atoms with Crippen LogP contribution in [-0.2, 0) is 0 Å². The predicted molar refractivity (Wildman–Crippen MR) is 56.4 cm³/mol. The van der Waals surface area contributed by atoms with Gasteiger partial charge in [-0.1, -0.05) is 6.07 Å². The van der Waals surface area contributed by atoms with Crippen LogP contribution in [0.5, 0.6) is 5.75 Å². The van der Waals surface area contributed by atoms with Crippen molar-refractivity contribution in [1.29, 1.82) is 0 Å². The Morgan fingerprint density at radius 1 is 1.31 bits per heavy atom. The van der Waals surface area contributed by atoms with Crippen LogP contribution in [0, 0.1) is 13.8 Å². The number of ether oxygens (including phenoxy) is 1. The second-order valence-corrected chi connectivity index (χ2v) is 3.08. The zero-order valence-electron chi connectivity index (χ0n) is 8.56. The fourth-order valence-electron chi connectivity index (χ4n) is 1.50. The Labute approximate surface area is 78.9 Å². The molecule has 0 fully saturated rings. The number of nitrogen functional groups attached to an aromatic ring is 1. The number of benzene rings is 1. The van der Waals surface area contributed by atoms with Crippen molar-refractivity contribution in [2.45, 2.75) is 13.8 Å². The molecule has 0 aromatic heterocycles. The van der Waals surface area contributed by atoms with Crippen molar-refractivity contribution in [3.05, 3.63) is 17.2 Å². The molecule has 0 atom stereocenters. The third-order valence-corrected chi connectivity index (χ3v) is 2.17. The first-order valence-corrected chi connectivity index (χ1v) is 4.23. The molecule has 3 nitrogen and oxygen atoms in total. The minimum Gasteiger partial charge on any atom is -0.494 e. The van der Waals surface area contributed by atoms with Gasteiger partial charge in [0, 0.05) is 7.05 Å². The topological polar surface area (TPSA) is 47.3 Å². The quantitative estimate of drug-likeness (QED) is 0.684. The van der Waals surface area contributed by atoms with Crippen LogP contribution in [-0.4, -0.2) is 14.2 Å². The van der Waals surface area contributed by atoms with Gasteiger partial charge in [0.1, 0.15) is 11.4 Å². The van der Waals surface area contributed by atoms with Crippen molar-refractivity contribution >= 4 is 11.4 Å². The van der Waals surface area contributed by atoms with Crippen LogP contribution in [0.1, 0.15) is 11.1 Å². The Bertz CT molecular complexity index is 321. The summed E-state index contributed by atoms with van der Waals surface area (Å²) in [7, 11) is 3.49. The van der Waals surface area contributed by atoms with Gasteiger partial charge >= 0.3 is 0 Å². The monoisotopic (exact) mass is 180 g/mol. The van der Waals surface area contributed by atoms with E-state index in [-0.39, 0.29) is 0 Å². The van der Waals surface area contributed by atoms with E-state index in [9.17, 15) is 0 Å². The molecular formula is C10H16N2O. The average Bonchev–Trinajstić information content (AvgIpc) is 2.10. The number of hydrogen-bond acceptors (Lipinski definition) is 3. The van der Waals surface area contributed by atoms with E-state index < -0.39 is 0 Å². The highest BCUT2D eigenvalue weighted by atomic mass is 16.5. The van der Waals surface area contributed by atoms with Crippen LogP contribution in [0.3, 0.4) is 0 Å². The first-order chi connectivity index (χ1) is 6.11. The summed E-state index contributed by atoms with van der Waals surface area (Å²) in [5.74, 6) is 0.825. The molecule has 0 aliphatic heterocycles. The van der Waals surface area contributed by atoms with E-state index in [2.05, 4.69) is 5.32 Å². The van der Waals surface area contributed by atoms with E-state index in [1.54, 1.807) is 7.11 Å². The predicted octanol–water partition coefficient (Wildman–Crippen LogP) is 1.94. The smallest absolute Gasteiger partial charge is 0.146 e. The number of aryl methyl sites for hydroxylation is 2. The van der Waals surface area contributed by atoms with Crippen molar-refractivity contribution < 1.29 is 4.74 Å². The molecule has 0 saturated carbocycles. The molecular weight excluding hydrogens is 164 g/mol. The van der Waals surface area contributed by atoms with E-state index in [4.69, 9.17) is 10.5 Å². The van der Waals surface area contributed by atoms with Gasteiger partial charge in [0.2, 0.25) is 0 Å². The lowest BCUT2D eigenvalue weighted by atomic mass is 10.1. The molecule has 0 heterocycles. The highest BCUT2D eigenvalue weighted by Gasteiger charge is 2.10. The van der Waals surface area contributed by atoms with Gasteiger partial charge in [-0.2, -0.15) is 0 Å². The summed E-state index contributed by atoms with van der Waals surface area (Å²) < 4.78 is 5.26. The molecule has 1 aromatic carbocycles. The van der Waals surface area contributed by atoms with Gasteiger partial charge in [0.25, 0.3) is 0 Å². The van der Waals surface area contributed by atoms with Gasteiger partial charge in [0.15, 0.2) is 0 Å².